The maximum Gasteiger partial charge on any atom is 0.321 e. The van der Waals surface area contributed by atoms with Gasteiger partial charge < -0.3 is 20.1 Å². The average molecular weight is 469 g/mol. The molecule has 8 heteroatoms. The van der Waals surface area contributed by atoms with Gasteiger partial charge in [-0.05, 0) is 55.7 Å². The first-order valence-corrected chi connectivity index (χ1v) is 11.6. The van der Waals surface area contributed by atoms with Gasteiger partial charge in [0.05, 0.1) is 25.7 Å². The fraction of sp³-hybridized carbons (Fsp3) is 0.423. The second kappa shape index (κ2) is 13.9. The van der Waals surface area contributed by atoms with E-state index in [2.05, 4.69) is 40.0 Å². The molecule has 0 aliphatic carbocycles. The SMILES string of the molecule is CCCc1ccc(CN=C(NC(=O)NC[C@H](C)C(=O)OC)Nc2ccc(OC(C)C)cc2)cc1. The Bertz CT molecular complexity index is 940. The summed E-state index contributed by atoms with van der Waals surface area (Å²) in [4.78, 5) is 28.6. The Morgan fingerprint density at radius 1 is 0.971 bits per heavy atom. The summed E-state index contributed by atoms with van der Waals surface area (Å²) in [5.74, 6) is 0.203. The zero-order valence-electron chi connectivity index (χ0n) is 20.7. The van der Waals surface area contributed by atoms with Crippen molar-refractivity contribution in [3.8, 4) is 5.75 Å². The van der Waals surface area contributed by atoms with Gasteiger partial charge in [0.1, 0.15) is 5.75 Å². The predicted molar refractivity (Wildman–Crippen MR) is 135 cm³/mol. The summed E-state index contributed by atoms with van der Waals surface area (Å²) in [6, 6.07) is 15.2. The van der Waals surface area contributed by atoms with Gasteiger partial charge in [-0.2, -0.15) is 0 Å². The van der Waals surface area contributed by atoms with Crippen molar-refractivity contribution < 1.29 is 19.1 Å². The van der Waals surface area contributed by atoms with Gasteiger partial charge in [-0.3, -0.25) is 10.1 Å². The zero-order chi connectivity index (χ0) is 24.9. The van der Waals surface area contributed by atoms with Crippen LogP contribution in [0, 0.1) is 5.92 Å². The molecular weight excluding hydrogens is 432 g/mol. The third-order valence-electron chi connectivity index (χ3n) is 4.87. The van der Waals surface area contributed by atoms with Crippen LogP contribution in [0.3, 0.4) is 0 Å². The molecule has 3 N–H and O–H groups in total. The number of benzene rings is 2. The highest BCUT2D eigenvalue weighted by Crippen LogP contribution is 2.17. The summed E-state index contributed by atoms with van der Waals surface area (Å²) >= 11 is 0. The molecule has 184 valence electrons. The smallest absolute Gasteiger partial charge is 0.321 e. The molecule has 0 unspecified atom stereocenters. The third kappa shape index (κ3) is 9.52. The number of ether oxygens (including phenoxy) is 2. The molecule has 34 heavy (non-hydrogen) atoms. The fourth-order valence-corrected chi connectivity index (χ4v) is 3.09. The van der Waals surface area contributed by atoms with Crippen molar-refractivity contribution in [2.24, 2.45) is 10.9 Å². The minimum atomic E-state index is -0.472. The van der Waals surface area contributed by atoms with Crippen LogP contribution in [0.5, 0.6) is 5.75 Å². The summed E-state index contributed by atoms with van der Waals surface area (Å²) in [6.45, 7) is 8.31. The van der Waals surface area contributed by atoms with Crippen molar-refractivity contribution in [3.63, 3.8) is 0 Å². The molecule has 0 heterocycles. The Morgan fingerprint density at radius 3 is 2.21 bits per heavy atom. The lowest BCUT2D eigenvalue weighted by Crippen LogP contribution is -2.44. The van der Waals surface area contributed by atoms with Crippen molar-refractivity contribution >= 4 is 23.6 Å². The highest BCUT2D eigenvalue weighted by molar-refractivity contribution is 6.03. The first-order valence-electron chi connectivity index (χ1n) is 11.6. The molecule has 0 aliphatic rings. The van der Waals surface area contributed by atoms with E-state index in [1.165, 1.54) is 12.7 Å². The van der Waals surface area contributed by atoms with Crippen molar-refractivity contribution in [1.82, 2.24) is 10.6 Å². The maximum absolute atomic E-state index is 12.4. The van der Waals surface area contributed by atoms with E-state index < -0.39 is 11.9 Å². The molecule has 0 bridgehead atoms. The quantitative estimate of drug-likeness (QED) is 0.271. The first-order chi connectivity index (χ1) is 16.3. The van der Waals surface area contributed by atoms with E-state index >= 15 is 0 Å². The minimum Gasteiger partial charge on any atom is -0.491 e. The summed E-state index contributed by atoms with van der Waals surface area (Å²) < 4.78 is 10.4. The number of hydrogen-bond acceptors (Lipinski definition) is 5. The second-order valence-electron chi connectivity index (χ2n) is 8.31. The van der Waals surface area contributed by atoms with Crippen LogP contribution in [0.15, 0.2) is 53.5 Å². The van der Waals surface area contributed by atoms with E-state index in [4.69, 9.17) is 9.47 Å². The number of nitrogens with one attached hydrogen (secondary N) is 3. The molecule has 8 nitrogen and oxygen atoms in total. The number of carbonyl (C=O) groups is 2. The molecule has 1 atom stereocenters. The van der Waals surface area contributed by atoms with E-state index in [9.17, 15) is 9.59 Å². The molecule has 0 saturated heterocycles. The topological polar surface area (TPSA) is 101 Å². The molecule has 0 spiro atoms. The van der Waals surface area contributed by atoms with E-state index in [1.807, 2.05) is 50.2 Å². The van der Waals surface area contributed by atoms with Crippen LogP contribution in [0.25, 0.3) is 0 Å². The maximum atomic E-state index is 12.4. The lowest BCUT2D eigenvalue weighted by molar-refractivity contribution is -0.144. The number of methoxy groups -OCH3 is 1. The second-order valence-corrected chi connectivity index (χ2v) is 8.31. The standard InChI is InChI=1S/C26H36N4O4/c1-6-7-20-8-10-21(11-9-20)17-27-25(30-26(32)28-16-19(4)24(31)33-5)29-22-12-14-23(15-13-22)34-18(2)3/h8-15,18-19H,6-7,16-17H2,1-5H3,(H3,27,28,29,30,32)/t19-/m0/s1. The fourth-order valence-electron chi connectivity index (χ4n) is 3.09. The molecule has 2 aromatic carbocycles. The number of guanidine groups is 1. The van der Waals surface area contributed by atoms with Crippen LogP contribution < -0.4 is 20.7 Å². The van der Waals surface area contributed by atoms with E-state index in [1.54, 1.807) is 6.92 Å². The Hall–Kier alpha value is -3.55. The largest absolute Gasteiger partial charge is 0.491 e. The van der Waals surface area contributed by atoms with Crippen LogP contribution in [-0.4, -0.2) is 37.7 Å². The van der Waals surface area contributed by atoms with Gasteiger partial charge in [0, 0.05) is 12.2 Å². The Kier molecular flexibility index (Phi) is 10.9. The number of rotatable bonds is 10. The lowest BCUT2D eigenvalue weighted by atomic mass is 10.1. The van der Waals surface area contributed by atoms with Crippen LogP contribution in [-0.2, 0) is 22.5 Å². The molecule has 2 amide bonds. The zero-order valence-corrected chi connectivity index (χ0v) is 20.7. The summed E-state index contributed by atoms with van der Waals surface area (Å²) in [5.41, 5.74) is 3.06. The average Bonchev–Trinajstić information content (AvgIpc) is 2.82. The number of aryl methyl sites for hydroxylation is 1. The number of carbonyl (C=O) groups excluding carboxylic acids is 2. The van der Waals surface area contributed by atoms with Crippen molar-refractivity contribution in [3.05, 3.63) is 59.7 Å². The number of aliphatic imine (C=N–C) groups is 1. The Labute approximate surface area is 202 Å². The molecule has 0 radical (unpaired) electrons. The number of urea groups is 1. The molecule has 0 aliphatic heterocycles. The summed E-state index contributed by atoms with van der Waals surface area (Å²) in [5, 5.41) is 8.55. The number of anilines is 1. The highest BCUT2D eigenvalue weighted by Gasteiger charge is 2.15. The third-order valence-corrected chi connectivity index (χ3v) is 4.87. The van der Waals surface area contributed by atoms with Gasteiger partial charge in [0.15, 0.2) is 0 Å². The number of amides is 2. The van der Waals surface area contributed by atoms with Crippen LogP contribution in [0.1, 0.15) is 45.2 Å². The first kappa shape index (κ1) is 26.7. The van der Waals surface area contributed by atoms with Crippen molar-refractivity contribution in [2.75, 3.05) is 19.0 Å². The van der Waals surface area contributed by atoms with Gasteiger partial charge in [0.25, 0.3) is 0 Å². The van der Waals surface area contributed by atoms with Crippen molar-refractivity contribution in [1.29, 1.82) is 0 Å². The van der Waals surface area contributed by atoms with E-state index in [0.29, 0.717) is 12.5 Å². The molecule has 0 saturated carbocycles. The molecule has 2 rings (SSSR count). The lowest BCUT2D eigenvalue weighted by Gasteiger charge is -2.15. The molecular formula is C26H36N4O4. The van der Waals surface area contributed by atoms with Gasteiger partial charge >= 0.3 is 12.0 Å². The Balaban J connectivity index is 2.09. The minimum absolute atomic E-state index is 0.0809. The summed E-state index contributed by atoms with van der Waals surface area (Å²) in [6.07, 6.45) is 2.22. The normalized spacial score (nSPS) is 12.1. The predicted octanol–water partition coefficient (Wildman–Crippen LogP) is 4.50. The number of esters is 1. The summed E-state index contributed by atoms with van der Waals surface area (Å²) in [7, 11) is 1.32. The molecule has 0 aromatic heterocycles. The van der Waals surface area contributed by atoms with Crippen LogP contribution in [0.4, 0.5) is 10.5 Å². The van der Waals surface area contributed by atoms with Crippen molar-refractivity contribution in [2.45, 2.75) is 53.2 Å². The van der Waals surface area contributed by atoms with E-state index in [0.717, 1.165) is 29.8 Å². The Morgan fingerprint density at radius 2 is 1.62 bits per heavy atom. The van der Waals surface area contributed by atoms with Crippen LogP contribution in [0.2, 0.25) is 0 Å². The van der Waals surface area contributed by atoms with Gasteiger partial charge in [-0.15, -0.1) is 0 Å². The monoisotopic (exact) mass is 468 g/mol. The number of hydrogen-bond donors (Lipinski definition) is 3. The van der Waals surface area contributed by atoms with Gasteiger partial charge in [-0.25, -0.2) is 9.79 Å². The van der Waals surface area contributed by atoms with Crippen LogP contribution >= 0.6 is 0 Å². The highest BCUT2D eigenvalue weighted by atomic mass is 16.5. The van der Waals surface area contributed by atoms with Gasteiger partial charge in [0.2, 0.25) is 5.96 Å². The molecule has 2 aromatic rings. The van der Waals surface area contributed by atoms with E-state index in [-0.39, 0.29) is 18.6 Å². The molecule has 0 fully saturated rings. The van der Waals surface area contributed by atoms with Gasteiger partial charge in [-0.1, -0.05) is 44.5 Å². The number of nitrogens with zero attached hydrogens (tertiary/aromatic N) is 1.